The maximum atomic E-state index is 15.1. The molecule has 0 spiro atoms. The van der Waals surface area contributed by atoms with Gasteiger partial charge in [-0.3, -0.25) is 4.79 Å². The third-order valence-corrected chi connectivity index (χ3v) is 9.27. The molecule has 3 nitrogen and oxygen atoms in total. The Bertz CT molecular complexity index is 1210. The van der Waals surface area contributed by atoms with Crippen LogP contribution in [-0.2, 0) is 4.79 Å². The maximum Gasteiger partial charge on any atom is 0.422 e. The van der Waals surface area contributed by atoms with Crippen LogP contribution in [0.2, 0.25) is 0 Å². The third-order valence-electron chi connectivity index (χ3n) is 9.27. The molecule has 8 heteroatoms. The van der Waals surface area contributed by atoms with Crippen LogP contribution in [-0.4, -0.2) is 35.2 Å². The van der Waals surface area contributed by atoms with Crippen LogP contribution in [0.5, 0.6) is 5.75 Å². The van der Waals surface area contributed by atoms with Crippen molar-refractivity contribution in [3.8, 4) is 18.1 Å². The number of halogens is 5. The van der Waals surface area contributed by atoms with Gasteiger partial charge in [-0.05, 0) is 91.2 Å². The summed E-state index contributed by atoms with van der Waals surface area (Å²) in [7, 11) is 0. The summed E-state index contributed by atoms with van der Waals surface area (Å²) in [5, 5.41) is 11.5. The van der Waals surface area contributed by atoms with Crippen molar-refractivity contribution in [2.45, 2.75) is 75.5 Å². The van der Waals surface area contributed by atoms with Gasteiger partial charge in [0.05, 0.1) is 0 Å². The highest BCUT2D eigenvalue weighted by molar-refractivity contribution is 5.93. The van der Waals surface area contributed by atoms with Crippen LogP contribution in [0.25, 0.3) is 0 Å². The van der Waals surface area contributed by atoms with Gasteiger partial charge in [-0.25, -0.2) is 0 Å². The number of carbonyl (C=O) groups is 1. The van der Waals surface area contributed by atoms with Gasteiger partial charge in [0, 0.05) is 17.8 Å². The van der Waals surface area contributed by atoms with E-state index in [1.807, 2.05) is 0 Å². The quantitative estimate of drug-likeness (QED) is 0.363. The predicted molar refractivity (Wildman–Crippen MR) is 127 cm³/mol. The van der Waals surface area contributed by atoms with Crippen molar-refractivity contribution < 1.29 is 36.6 Å². The lowest BCUT2D eigenvalue weighted by molar-refractivity contribution is -0.209. The highest BCUT2D eigenvalue weighted by Crippen LogP contribution is 2.69. The van der Waals surface area contributed by atoms with E-state index >= 15 is 8.78 Å². The van der Waals surface area contributed by atoms with E-state index in [9.17, 15) is 23.1 Å². The lowest BCUT2D eigenvalue weighted by Gasteiger charge is -2.55. The van der Waals surface area contributed by atoms with E-state index in [0.29, 0.717) is 32.1 Å². The Kier molecular flexibility index (Phi) is 6.10. The number of allylic oxidation sites excluding steroid dienone is 4. The fourth-order valence-corrected chi connectivity index (χ4v) is 7.56. The van der Waals surface area contributed by atoms with Crippen LogP contribution >= 0.6 is 0 Å². The lowest BCUT2D eigenvalue weighted by atomic mass is 9.50. The Balaban J connectivity index is 1.60. The molecule has 0 aromatic heterocycles. The van der Waals surface area contributed by atoms with E-state index in [-0.39, 0.29) is 42.1 Å². The summed E-state index contributed by atoms with van der Waals surface area (Å²) in [5.74, 6) is -2.66. The van der Waals surface area contributed by atoms with Crippen molar-refractivity contribution in [2.75, 3.05) is 6.61 Å². The number of aliphatic hydroxyl groups is 1. The lowest BCUT2D eigenvalue weighted by Crippen LogP contribution is -2.59. The number of ether oxygens (including phenoxy) is 1. The van der Waals surface area contributed by atoms with E-state index in [1.165, 1.54) is 12.1 Å². The van der Waals surface area contributed by atoms with Crippen molar-refractivity contribution in [1.29, 1.82) is 0 Å². The molecule has 4 aliphatic rings. The van der Waals surface area contributed by atoms with Gasteiger partial charge in [-0.2, -0.15) is 22.0 Å². The van der Waals surface area contributed by atoms with Gasteiger partial charge < -0.3 is 9.84 Å². The number of ketones is 1. The smallest absolute Gasteiger partial charge is 0.422 e. The van der Waals surface area contributed by atoms with Crippen molar-refractivity contribution in [3.05, 3.63) is 52.6 Å². The van der Waals surface area contributed by atoms with Gasteiger partial charge in [-0.1, -0.05) is 24.6 Å². The molecule has 0 saturated heterocycles. The molecule has 37 heavy (non-hydrogen) atoms. The summed E-state index contributed by atoms with van der Waals surface area (Å²) in [5.41, 5.74) is 0.400. The summed E-state index contributed by atoms with van der Waals surface area (Å²) < 4.78 is 72.8. The van der Waals surface area contributed by atoms with Gasteiger partial charge in [0.1, 0.15) is 11.4 Å². The SMILES string of the molecule is C#CC(F)(F)[C@]1(O)CC[C@H]2[C@@H]3CCC4=CC(=O)CCC4=C3[C@@H](c3ccc(OCC(F)(F)F)cc3)C[C@@]21C. The van der Waals surface area contributed by atoms with E-state index in [4.69, 9.17) is 11.2 Å². The largest absolute Gasteiger partial charge is 0.484 e. The molecule has 0 aliphatic heterocycles. The second-order valence-electron chi connectivity index (χ2n) is 11.1. The number of carbonyl (C=O) groups excluding carboxylic acids is 1. The van der Waals surface area contributed by atoms with Crippen LogP contribution in [0.3, 0.4) is 0 Å². The zero-order chi connectivity index (χ0) is 26.8. The molecule has 5 atom stereocenters. The van der Waals surface area contributed by atoms with Gasteiger partial charge in [-0.15, -0.1) is 6.42 Å². The normalized spacial score (nSPS) is 33.7. The molecule has 0 unspecified atom stereocenters. The van der Waals surface area contributed by atoms with Crippen molar-refractivity contribution >= 4 is 5.78 Å². The number of terminal acetylenes is 1. The van der Waals surface area contributed by atoms with E-state index in [0.717, 1.165) is 22.3 Å². The summed E-state index contributed by atoms with van der Waals surface area (Å²) in [6, 6.07) is 6.25. The van der Waals surface area contributed by atoms with E-state index in [2.05, 4.69) is 0 Å². The Hall–Kier alpha value is -2.66. The molecular weight excluding hydrogens is 491 g/mol. The molecule has 1 aromatic rings. The molecule has 2 fully saturated rings. The van der Waals surface area contributed by atoms with E-state index in [1.54, 1.807) is 31.1 Å². The number of alkyl halides is 5. The number of hydrogen-bond donors (Lipinski definition) is 1. The first-order valence-corrected chi connectivity index (χ1v) is 12.6. The van der Waals surface area contributed by atoms with Crippen LogP contribution in [0.4, 0.5) is 22.0 Å². The zero-order valence-corrected chi connectivity index (χ0v) is 20.5. The van der Waals surface area contributed by atoms with Crippen molar-refractivity contribution in [1.82, 2.24) is 0 Å². The van der Waals surface area contributed by atoms with Gasteiger partial charge >= 0.3 is 12.1 Å². The fourth-order valence-electron chi connectivity index (χ4n) is 7.56. The summed E-state index contributed by atoms with van der Waals surface area (Å²) >= 11 is 0. The fraction of sp³-hybridized carbons (Fsp3) is 0.552. The Morgan fingerprint density at radius 1 is 1.11 bits per heavy atom. The topological polar surface area (TPSA) is 46.5 Å². The number of benzene rings is 1. The van der Waals surface area contributed by atoms with Crippen molar-refractivity contribution in [3.63, 3.8) is 0 Å². The van der Waals surface area contributed by atoms with E-state index < -0.39 is 29.7 Å². The number of fused-ring (bicyclic) bond motifs is 4. The summed E-state index contributed by atoms with van der Waals surface area (Å²) in [4.78, 5) is 12.1. The predicted octanol–water partition coefficient (Wildman–Crippen LogP) is 6.53. The first-order valence-electron chi connectivity index (χ1n) is 12.6. The Morgan fingerprint density at radius 3 is 2.46 bits per heavy atom. The number of hydrogen-bond acceptors (Lipinski definition) is 3. The van der Waals surface area contributed by atoms with Crippen LogP contribution in [0.1, 0.15) is 63.4 Å². The van der Waals surface area contributed by atoms with Gasteiger partial charge in [0.25, 0.3) is 0 Å². The zero-order valence-electron chi connectivity index (χ0n) is 20.5. The Labute approximate surface area is 212 Å². The minimum atomic E-state index is -4.47. The minimum Gasteiger partial charge on any atom is -0.484 e. The van der Waals surface area contributed by atoms with Gasteiger partial charge in [0.15, 0.2) is 12.4 Å². The average Bonchev–Trinajstić information content (AvgIpc) is 3.13. The molecule has 0 amide bonds. The third kappa shape index (κ3) is 4.10. The molecule has 0 radical (unpaired) electrons. The molecule has 1 N–H and O–H groups in total. The average molecular weight is 521 g/mol. The summed E-state index contributed by atoms with van der Waals surface area (Å²) in [6.45, 7) is 0.296. The van der Waals surface area contributed by atoms with Crippen LogP contribution in [0.15, 0.2) is 47.1 Å². The van der Waals surface area contributed by atoms with Crippen LogP contribution in [0, 0.1) is 29.6 Å². The van der Waals surface area contributed by atoms with Crippen LogP contribution < -0.4 is 4.74 Å². The second kappa shape index (κ2) is 8.69. The monoisotopic (exact) mass is 520 g/mol. The molecule has 0 heterocycles. The highest BCUT2D eigenvalue weighted by Gasteiger charge is 2.71. The molecule has 0 bridgehead atoms. The summed E-state index contributed by atoms with van der Waals surface area (Å²) in [6.07, 6.45) is 5.26. The molecular formula is C29H29F5O3. The first-order chi connectivity index (χ1) is 17.3. The first kappa shape index (κ1) is 26.0. The maximum absolute atomic E-state index is 15.1. The highest BCUT2D eigenvalue weighted by atomic mass is 19.4. The molecule has 198 valence electrons. The second-order valence-corrected chi connectivity index (χ2v) is 11.1. The number of rotatable bonds is 4. The van der Waals surface area contributed by atoms with Gasteiger partial charge in [0.2, 0.25) is 0 Å². The molecule has 2 saturated carbocycles. The molecule has 4 aliphatic carbocycles. The standard InChI is InChI=1S/C29H29F5O3/c1-3-28(30,31)27(36)13-12-24-22-10-6-18-14-19(35)7-11-21(18)25(22)23(15-26(24,27)2)17-4-8-20(9-5-17)37-16-29(32,33)34/h1,4-5,8-9,14,22-24,36H,6-7,10-13,15-16H2,2H3/t22-,23+,24-,26-,27-/m0/s1. The molecule has 5 rings (SSSR count). The Morgan fingerprint density at radius 2 is 1.81 bits per heavy atom. The minimum absolute atomic E-state index is 0.0545. The molecule has 1 aromatic carbocycles. The van der Waals surface area contributed by atoms with Crippen molar-refractivity contribution in [2.24, 2.45) is 17.3 Å².